The fraction of sp³-hybridized carbons (Fsp3) is 0.238. The smallest absolute Gasteiger partial charge is 0.340 e. The molecule has 2 aliphatic rings. The van der Waals surface area contributed by atoms with Crippen LogP contribution in [-0.4, -0.2) is 84.9 Å². The number of aliphatic hydroxyl groups is 3. The molecule has 5 atom stereocenters. The molecule has 2 aromatic rings. The van der Waals surface area contributed by atoms with Crippen molar-refractivity contribution in [3.8, 4) is 11.5 Å². The summed E-state index contributed by atoms with van der Waals surface area (Å²) in [7, 11) is 0. The van der Waals surface area contributed by atoms with Gasteiger partial charge in [0.15, 0.2) is 11.9 Å². The highest BCUT2D eigenvalue weighted by molar-refractivity contribution is 6.30. The van der Waals surface area contributed by atoms with Crippen LogP contribution >= 0.6 is 0 Å². The van der Waals surface area contributed by atoms with E-state index in [1.54, 1.807) is 0 Å². The van der Waals surface area contributed by atoms with Crippen LogP contribution in [0.1, 0.15) is 42.2 Å². The molecule has 1 saturated heterocycles. The Kier molecular flexibility index (Phi) is 5.38. The molecule has 0 spiro atoms. The van der Waals surface area contributed by atoms with Gasteiger partial charge in [-0.15, -0.1) is 0 Å². The van der Waals surface area contributed by atoms with Gasteiger partial charge in [0.2, 0.25) is 12.1 Å². The number of rotatable bonds is 3. The minimum absolute atomic E-state index is 0.148. The molecule has 4 rings (SSSR count). The quantitative estimate of drug-likeness (QED) is 0.258. The third-order valence-corrected chi connectivity index (χ3v) is 5.38. The molecule has 0 aromatic heterocycles. The zero-order valence-corrected chi connectivity index (χ0v) is 16.4. The van der Waals surface area contributed by atoms with E-state index in [-0.39, 0.29) is 16.7 Å². The molecular formula is C21H16O12. The topological polar surface area (TPSA) is 208 Å². The number of phenolic OH excluding ortho intramolecular Hbond substituents is 2. The Morgan fingerprint density at radius 2 is 1.52 bits per heavy atom. The molecule has 0 amide bonds. The van der Waals surface area contributed by atoms with Gasteiger partial charge >= 0.3 is 11.9 Å². The molecule has 12 heteroatoms. The largest absolute Gasteiger partial charge is 0.507 e. The summed E-state index contributed by atoms with van der Waals surface area (Å²) in [5.41, 5.74) is -1.70. The third kappa shape index (κ3) is 3.50. The summed E-state index contributed by atoms with van der Waals surface area (Å²) in [6, 6.07) is 5.56. The Labute approximate surface area is 183 Å². The standard InChI is InChI=1S/C21H16O12/c22-9-3-1-2-7-11(9)14(25)12-8(13(7)24)4-6(5-10(12)23)20(31)33-21-17(28)15(26)16(27)18(32-21)19(29)30/h1-5,15-18,21-23,26-28H,(H,29,30)/t15-,16-,17+,18-,21-/m0/s1. The average Bonchev–Trinajstić information content (AvgIpc) is 2.76. The molecule has 1 aliphatic carbocycles. The summed E-state index contributed by atoms with van der Waals surface area (Å²) in [6.45, 7) is 0. The molecule has 0 saturated carbocycles. The second-order valence-corrected chi connectivity index (χ2v) is 7.42. The van der Waals surface area contributed by atoms with Crippen molar-refractivity contribution in [3.63, 3.8) is 0 Å². The number of ketones is 2. The maximum Gasteiger partial charge on any atom is 0.340 e. The van der Waals surface area contributed by atoms with Gasteiger partial charge in [0.25, 0.3) is 0 Å². The van der Waals surface area contributed by atoms with Gasteiger partial charge < -0.3 is 40.1 Å². The summed E-state index contributed by atoms with van der Waals surface area (Å²) >= 11 is 0. The van der Waals surface area contributed by atoms with E-state index < -0.39 is 76.8 Å². The number of aliphatic hydroxyl groups excluding tert-OH is 3. The lowest BCUT2D eigenvalue weighted by molar-refractivity contribution is -0.278. The summed E-state index contributed by atoms with van der Waals surface area (Å²) < 4.78 is 9.75. The number of aromatic hydroxyl groups is 2. The molecule has 1 aliphatic heterocycles. The number of fused-ring (bicyclic) bond motifs is 2. The van der Waals surface area contributed by atoms with E-state index in [1.807, 2.05) is 0 Å². The number of carbonyl (C=O) groups is 4. The summed E-state index contributed by atoms with van der Waals surface area (Å²) in [4.78, 5) is 49.4. The average molecular weight is 460 g/mol. The Morgan fingerprint density at radius 1 is 0.848 bits per heavy atom. The van der Waals surface area contributed by atoms with Gasteiger partial charge in [0.1, 0.15) is 29.8 Å². The first-order valence-corrected chi connectivity index (χ1v) is 9.44. The van der Waals surface area contributed by atoms with Crippen molar-refractivity contribution < 1.29 is 59.3 Å². The van der Waals surface area contributed by atoms with Gasteiger partial charge in [-0.05, 0) is 18.2 Å². The highest BCUT2D eigenvalue weighted by atomic mass is 16.7. The maximum absolute atomic E-state index is 12.9. The molecular weight excluding hydrogens is 444 g/mol. The first-order valence-electron chi connectivity index (χ1n) is 9.44. The van der Waals surface area contributed by atoms with E-state index in [4.69, 9.17) is 14.6 Å². The van der Waals surface area contributed by atoms with Gasteiger partial charge in [0, 0.05) is 11.1 Å². The van der Waals surface area contributed by atoms with Crippen LogP contribution in [0.15, 0.2) is 30.3 Å². The molecule has 1 heterocycles. The Balaban J connectivity index is 1.66. The number of hydrogen-bond donors (Lipinski definition) is 6. The van der Waals surface area contributed by atoms with Crippen LogP contribution in [0.5, 0.6) is 11.5 Å². The lowest BCUT2D eigenvalue weighted by atomic mass is 9.82. The van der Waals surface area contributed by atoms with Gasteiger partial charge in [-0.2, -0.15) is 0 Å². The maximum atomic E-state index is 12.9. The number of carboxylic acids is 1. The normalized spacial score (nSPS) is 26.3. The fourth-order valence-corrected chi connectivity index (χ4v) is 3.72. The van der Waals surface area contributed by atoms with Crippen molar-refractivity contribution in [1.29, 1.82) is 0 Å². The van der Waals surface area contributed by atoms with Gasteiger partial charge in [-0.1, -0.05) is 12.1 Å². The summed E-state index contributed by atoms with van der Waals surface area (Å²) in [5, 5.41) is 58.9. The number of phenols is 2. The molecule has 0 radical (unpaired) electrons. The molecule has 0 unspecified atom stereocenters. The van der Waals surface area contributed by atoms with Crippen LogP contribution in [0, 0.1) is 0 Å². The minimum atomic E-state index is -2.02. The van der Waals surface area contributed by atoms with Crippen molar-refractivity contribution in [2.75, 3.05) is 0 Å². The number of aliphatic carboxylic acids is 1. The number of ether oxygens (including phenoxy) is 2. The van der Waals surface area contributed by atoms with Crippen molar-refractivity contribution in [2.24, 2.45) is 0 Å². The van der Waals surface area contributed by atoms with Crippen molar-refractivity contribution in [3.05, 3.63) is 58.1 Å². The van der Waals surface area contributed by atoms with E-state index in [2.05, 4.69) is 0 Å². The van der Waals surface area contributed by atoms with Crippen LogP contribution in [0.2, 0.25) is 0 Å². The molecule has 2 aromatic carbocycles. The first kappa shape index (κ1) is 22.4. The van der Waals surface area contributed by atoms with Crippen molar-refractivity contribution in [2.45, 2.75) is 30.7 Å². The zero-order chi connectivity index (χ0) is 24.2. The van der Waals surface area contributed by atoms with E-state index >= 15 is 0 Å². The highest BCUT2D eigenvalue weighted by Crippen LogP contribution is 2.37. The highest BCUT2D eigenvalue weighted by Gasteiger charge is 2.48. The van der Waals surface area contributed by atoms with E-state index in [0.717, 1.165) is 12.1 Å². The Morgan fingerprint density at radius 3 is 2.18 bits per heavy atom. The van der Waals surface area contributed by atoms with E-state index in [1.165, 1.54) is 18.2 Å². The Bertz CT molecular complexity index is 1200. The van der Waals surface area contributed by atoms with Crippen LogP contribution < -0.4 is 0 Å². The minimum Gasteiger partial charge on any atom is -0.507 e. The molecule has 0 bridgehead atoms. The van der Waals surface area contributed by atoms with Gasteiger partial charge in [0.05, 0.1) is 16.7 Å². The lowest BCUT2D eigenvalue weighted by Gasteiger charge is -2.37. The molecule has 172 valence electrons. The molecule has 1 fully saturated rings. The summed E-state index contributed by atoms with van der Waals surface area (Å²) in [5.74, 6) is -5.83. The fourth-order valence-electron chi connectivity index (χ4n) is 3.72. The molecule has 33 heavy (non-hydrogen) atoms. The van der Waals surface area contributed by atoms with Crippen LogP contribution in [0.3, 0.4) is 0 Å². The van der Waals surface area contributed by atoms with Crippen LogP contribution in [0.4, 0.5) is 0 Å². The number of benzene rings is 2. The second kappa shape index (κ2) is 7.94. The number of hydrogen-bond acceptors (Lipinski definition) is 11. The predicted molar refractivity (Wildman–Crippen MR) is 103 cm³/mol. The molecule has 12 nitrogen and oxygen atoms in total. The third-order valence-electron chi connectivity index (χ3n) is 5.38. The summed E-state index contributed by atoms with van der Waals surface area (Å²) in [6.07, 6.45) is -10.0. The van der Waals surface area contributed by atoms with Crippen LogP contribution in [-0.2, 0) is 14.3 Å². The number of carbonyl (C=O) groups excluding carboxylic acids is 3. The Hall–Kier alpha value is -3.84. The number of carboxylic acid groups (broad SMARTS) is 1. The monoisotopic (exact) mass is 460 g/mol. The second-order valence-electron chi connectivity index (χ2n) is 7.42. The predicted octanol–water partition coefficient (Wildman–Crippen LogP) is -1.08. The van der Waals surface area contributed by atoms with Crippen LogP contribution in [0.25, 0.3) is 0 Å². The first-order chi connectivity index (χ1) is 15.5. The van der Waals surface area contributed by atoms with E-state index in [9.17, 15) is 44.7 Å². The number of esters is 1. The zero-order valence-electron chi connectivity index (χ0n) is 16.4. The van der Waals surface area contributed by atoms with Gasteiger partial charge in [-0.25, -0.2) is 9.59 Å². The van der Waals surface area contributed by atoms with Gasteiger partial charge in [-0.3, -0.25) is 9.59 Å². The SMILES string of the molecule is O=C(O[C@@H]1O[C@H](C(=O)O)[C@@H](O)[C@H](O)[C@H]1O)c1cc(O)c2c(c1)C(=O)c1cccc(O)c1C2=O. The van der Waals surface area contributed by atoms with E-state index in [0.29, 0.717) is 0 Å². The molecule has 6 N–H and O–H groups in total. The van der Waals surface area contributed by atoms with Crippen molar-refractivity contribution >= 4 is 23.5 Å². The lowest BCUT2D eigenvalue weighted by Crippen LogP contribution is -2.60. The van der Waals surface area contributed by atoms with Crippen molar-refractivity contribution in [1.82, 2.24) is 0 Å².